The van der Waals surface area contributed by atoms with Gasteiger partial charge in [0.05, 0.1) is 30.1 Å². The first-order valence-electron chi connectivity index (χ1n) is 9.83. The van der Waals surface area contributed by atoms with Crippen LogP contribution in [0.1, 0.15) is 55.4 Å². The van der Waals surface area contributed by atoms with Crippen molar-refractivity contribution < 1.29 is 27.2 Å². The van der Waals surface area contributed by atoms with Crippen LogP contribution >= 0.6 is 15.5 Å². The van der Waals surface area contributed by atoms with Crippen molar-refractivity contribution in [2.24, 2.45) is 10.00 Å². The summed E-state index contributed by atoms with van der Waals surface area (Å²) in [6.45, 7) is 14.0. The minimum Gasteiger partial charge on any atom is -0.312 e. The molecule has 172 valence electrons. The lowest BCUT2D eigenvalue weighted by molar-refractivity contribution is 0.136. The number of anilines is 1. The first kappa shape index (κ1) is 26.9. The second-order valence-corrected chi connectivity index (χ2v) is 10.7. The van der Waals surface area contributed by atoms with Crippen molar-refractivity contribution in [2.75, 3.05) is 5.43 Å². The predicted molar refractivity (Wildman–Crippen MR) is 118 cm³/mol. The number of hydrazine groups is 1. The highest BCUT2D eigenvalue weighted by Gasteiger charge is 2.28. The van der Waals surface area contributed by atoms with E-state index >= 15 is 0 Å². The number of hydrogen-bond acceptors (Lipinski definition) is 8. The Morgan fingerprint density at radius 3 is 1.57 bits per heavy atom. The molecule has 0 atom stereocenters. The molecule has 1 aromatic rings. The quantitative estimate of drug-likeness (QED) is 0.190. The molecule has 2 N–H and O–H groups in total. The highest BCUT2D eigenvalue weighted by molar-refractivity contribution is 7.52. The Labute approximate surface area is 179 Å². The molecule has 1 rings (SSSR count). The molecule has 0 bridgehead atoms. The summed E-state index contributed by atoms with van der Waals surface area (Å²) in [5.74, 6) is 0. The van der Waals surface area contributed by atoms with E-state index in [1.165, 1.54) is 0 Å². The van der Waals surface area contributed by atoms with Crippen LogP contribution in [0.3, 0.4) is 0 Å². The maximum Gasteiger partial charge on any atom is 0.472 e. The number of nitrogens with zero attached hydrogens (tertiary/aromatic N) is 2. The zero-order valence-electron chi connectivity index (χ0n) is 18.9. The summed E-state index contributed by atoms with van der Waals surface area (Å²) in [7, 11) is -7.25. The van der Waals surface area contributed by atoms with E-state index in [1.807, 2.05) is 0 Å². The van der Waals surface area contributed by atoms with Gasteiger partial charge >= 0.3 is 15.5 Å². The largest absolute Gasteiger partial charge is 0.472 e. The lowest BCUT2D eigenvalue weighted by Gasteiger charge is -2.23. The smallest absolute Gasteiger partial charge is 0.312 e. The molecule has 0 fully saturated rings. The van der Waals surface area contributed by atoms with E-state index in [0.717, 1.165) is 0 Å². The Kier molecular flexibility index (Phi) is 10.8. The first-order valence-corrected chi connectivity index (χ1v) is 12.9. The molecule has 10 nitrogen and oxygen atoms in total. The van der Waals surface area contributed by atoms with Gasteiger partial charge < -0.3 is 5.43 Å². The molecule has 0 radical (unpaired) electrons. The summed E-state index contributed by atoms with van der Waals surface area (Å²) in [5.41, 5.74) is 3.84. The number of rotatable bonds is 13. The van der Waals surface area contributed by atoms with Gasteiger partial charge in [0.2, 0.25) is 0 Å². The van der Waals surface area contributed by atoms with Crippen molar-refractivity contribution in [1.29, 1.82) is 0 Å². The molecular formula is C18H34N4O6P2. The third kappa shape index (κ3) is 10.8. The van der Waals surface area contributed by atoms with Crippen LogP contribution in [-0.2, 0) is 27.2 Å². The Hall–Kier alpha value is -1.12. The van der Waals surface area contributed by atoms with Gasteiger partial charge in [0.25, 0.3) is 0 Å². The van der Waals surface area contributed by atoms with Crippen molar-refractivity contribution in [3.63, 3.8) is 0 Å². The fourth-order valence-electron chi connectivity index (χ4n) is 2.08. The molecule has 0 aliphatic heterocycles. The molecule has 0 spiro atoms. The molecule has 0 amide bonds. The number of nitrogens with one attached hydrogen (secondary N) is 2. The van der Waals surface area contributed by atoms with Gasteiger partial charge in [0.1, 0.15) is 0 Å². The van der Waals surface area contributed by atoms with Crippen LogP contribution in [0.4, 0.5) is 11.4 Å². The Bertz CT molecular complexity index is 740. The van der Waals surface area contributed by atoms with Crippen LogP contribution in [0.2, 0.25) is 0 Å². The van der Waals surface area contributed by atoms with E-state index in [0.29, 0.717) is 11.4 Å². The fourth-order valence-corrected chi connectivity index (χ4v) is 5.03. The van der Waals surface area contributed by atoms with Crippen molar-refractivity contribution >= 4 is 26.9 Å². The minimum atomic E-state index is -3.71. The summed E-state index contributed by atoms with van der Waals surface area (Å²) in [6, 6.07) is 6.63. The van der Waals surface area contributed by atoms with Crippen molar-refractivity contribution in [1.82, 2.24) is 5.20 Å². The zero-order valence-corrected chi connectivity index (χ0v) is 20.6. The van der Waals surface area contributed by atoms with Gasteiger partial charge in [-0.05, 0) is 79.7 Å². The maximum atomic E-state index is 12.8. The van der Waals surface area contributed by atoms with Crippen LogP contribution in [-0.4, -0.2) is 24.4 Å². The second kappa shape index (κ2) is 12.1. The average Bonchev–Trinajstić information content (AvgIpc) is 2.56. The molecule has 0 heterocycles. The van der Waals surface area contributed by atoms with E-state index < -0.39 is 15.5 Å². The average molecular weight is 464 g/mol. The van der Waals surface area contributed by atoms with Crippen molar-refractivity contribution in [3.05, 3.63) is 24.3 Å². The summed E-state index contributed by atoms with van der Waals surface area (Å²) >= 11 is 0. The number of benzene rings is 1. The number of hydrogen-bond donors (Lipinski definition) is 2. The topological polar surface area (TPSA) is 120 Å². The van der Waals surface area contributed by atoms with E-state index in [2.05, 4.69) is 20.6 Å². The van der Waals surface area contributed by atoms with Gasteiger partial charge in [-0.3, -0.25) is 18.1 Å². The molecule has 0 aliphatic carbocycles. The molecular weight excluding hydrogens is 430 g/mol. The van der Waals surface area contributed by atoms with Gasteiger partial charge in [0, 0.05) is 5.69 Å². The lowest BCUT2D eigenvalue weighted by Crippen LogP contribution is -2.24. The van der Waals surface area contributed by atoms with E-state index in [4.69, 9.17) is 18.1 Å². The van der Waals surface area contributed by atoms with Crippen LogP contribution in [0.15, 0.2) is 34.3 Å². The third-order valence-corrected chi connectivity index (χ3v) is 6.33. The molecule has 0 unspecified atom stereocenters. The van der Waals surface area contributed by atoms with Crippen LogP contribution in [0, 0.1) is 0 Å². The standard InChI is InChI=1S/C18H34N4O6P2/c1-13(2)25-29(23,26-14(3)4)21-19-17-9-11-18(12-10-17)20-22-30(24,27-15(5)6)28-16(7)8/h9-16,19H,1-8H3,(H,21,23). The highest BCUT2D eigenvalue weighted by Crippen LogP contribution is 2.53. The van der Waals surface area contributed by atoms with Gasteiger partial charge in [-0.1, -0.05) is 4.88 Å². The van der Waals surface area contributed by atoms with E-state index in [-0.39, 0.29) is 24.4 Å². The molecule has 1 aromatic carbocycles. The molecule has 12 heteroatoms. The molecule has 30 heavy (non-hydrogen) atoms. The fraction of sp³-hybridized carbons (Fsp3) is 0.667. The molecule has 0 saturated heterocycles. The Morgan fingerprint density at radius 1 is 0.733 bits per heavy atom. The van der Waals surface area contributed by atoms with Crippen molar-refractivity contribution in [2.45, 2.75) is 79.8 Å². The normalized spacial score (nSPS) is 13.3. The van der Waals surface area contributed by atoms with E-state index in [9.17, 15) is 9.13 Å². The summed E-state index contributed by atoms with van der Waals surface area (Å²) in [6.07, 6.45) is -1.24. The summed E-state index contributed by atoms with van der Waals surface area (Å²) < 4.78 is 46.9. The SMILES string of the molecule is CC(C)OP(=O)(N=Nc1ccc(NNP(=O)(OC(C)C)OC(C)C)cc1)OC(C)C. The van der Waals surface area contributed by atoms with Gasteiger partial charge in [-0.15, -0.1) is 10.3 Å². The van der Waals surface area contributed by atoms with Gasteiger partial charge in [0.15, 0.2) is 0 Å². The minimum absolute atomic E-state index is 0.288. The summed E-state index contributed by atoms with van der Waals surface area (Å²) in [5, 5.41) is 6.59. The zero-order chi connectivity index (χ0) is 22.9. The highest BCUT2D eigenvalue weighted by atomic mass is 31.2. The Balaban J connectivity index is 2.83. The first-order chi connectivity index (χ1) is 13.8. The monoisotopic (exact) mass is 464 g/mol. The maximum absolute atomic E-state index is 12.8. The Morgan fingerprint density at radius 2 is 1.17 bits per heavy atom. The molecule has 0 aromatic heterocycles. The van der Waals surface area contributed by atoms with Crippen LogP contribution in [0.5, 0.6) is 0 Å². The van der Waals surface area contributed by atoms with Crippen LogP contribution in [0.25, 0.3) is 0 Å². The summed E-state index contributed by atoms with van der Waals surface area (Å²) in [4.78, 5) is 3.80. The molecule has 0 aliphatic rings. The predicted octanol–water partition coefficient (Wildman–Crippen LogP) is 6.60. The lowest BCUT2D eigenvalue weighted by atomic mass is 10.3. The van der Waals surface area contributed by atoms with Crippen molar-refractivity contribution in [3.8, 4) is 0 Å². The van der Waals surface area contributed by atoms with Gasteiger partial charge in [-0.2, -0.15) is 0 Å². The van der Waals surface area contributed by atoms with Gasteiger partial charge in [-0.25, -0.2) is 9.13 Å². The van der Waals surface area contributed by atoms with Crippen LogP contribution < -0.4 is 10.6 Å². The van der Waals surface area contributed by atoms with E-state index in [1.54, 1.807) is 79.7 Å². The third-order valence-electron chi connectivity index (χ3n) is 2.86. The second-order valence-electron chi connectivity index (χ2n) is 7.56. The molecule has 0 saturated carbocycles.